The minimum atomic E-state index is -0.413. The van der Waals surface area contributed by atoms with E-state index in [1.54, 1.807) is 37.1 Å². The fourth-order valence-electron chi connectivity index (χ4n) is 3.28. The zero-order chi connectivity index (χ0) is 21.3. The number of hydrogen-bond donors (Lipinski definition) is 0. The Bertz CT molecular complexity index is 1230. The number of nitrogens with zero attached hydrogens (tertiary/aromatic N) is 4. The second-order valence-electron chi connectivity index (χ2n) is 6.40. The van der Waals surface area contributed by atoms with Crippen LogP contribution in [-0.4, -0.2) is 41.2 Å². The van der Waals surface area contributed by atoms with Crippen LogP contribution >= 0.6 is 0 Å². The van der Waals surface area contributed by atoms with Gasteiger partial charge in [-0.2, -0.15) is 0 Å². The summed E-state index contributed by atoms with van der Waals surface area (Å²) in [5.41, 5.74) is 3.64. The Kier molecular flexibility index (Phi) is 4.93. The first-order chi connectivity index (χ1) is 14.5. The highest BCUT2D eigenvalue weighted by Crippen LogP contribution is 2.39. The lowest BCUT2D eigenvalue weighted by molar-refractivity contribution is -0.384. The van der Waals surface area contributed by atoms with Crippen molar-refractivity contribution in [3.8, 4) is 34.1 Å². The first-order valence-corrected chi connectivity index (χ1v) is 8.96. The Labute approximate surface area is 171 Å². The van der Waals surface area contributed by atoms with E-state index in [1.165, 1.54) is 19.2 Å². The van der Waals surface area contributed by atoms with Crippen LogP contribution in [0.15, 0.2) is 54.6 Å². The van der Waals surface area contributed by atoms with Gasteiger partial charge >= 0.3 is 0 Å². The van der Waals surface area contributed by atoms with Gasteiger partial charge in [0.05, 0.1) is 37.5 Å². The van der Waals surface area contributed by atoms with E-state index < -0.39 is 4.92 Å². The van der Waals surface area contributed by atoms with E-state index in [-0.39, 0.29) is 5.69 Å². The monoisotopic (exact) mass is 406 g/mol. The average Bonchev–Trinajstić information content (AvgIpc) is 3.21. The molecule has 30 heavy (non-hydrogen) atoms. The van der Waals surface area contributed by atoms with Crippen molar-refractivity contribution in [1.82, 2.24) is 15.0 Å². The maximum Gasteiger partial charge on any atom is 0.270 e. The van der Waals surface area contributed by atoms with E-state index in [0.717, 1.165) is 16.6 Å². The number of non-ortho nitro benzene ring substituents is 1. The summed E-state index contributed by atoms with van der Waals surface area (Å²) >= 11 is 0. The lowest BCUT2D eigenvalue weighted by Gasteiger charge is -2.14. The lowest BCUT2D eigenvalue weighted by atomic mass is 10.0. The van der Waals surface area contributed by atoms with Gasteiger partial charge in [-0.15, -0.1) is 5.10 Å². The Morgan fingerprint density at radius 3 is 2.23 bits per heavy atom. The van der Waals surface area contributed by atoms with Crippen LogP contribution in [0.5, 0.6) is 17.2 Å². The second kappa shape index (κ2) is 7.70. The van der Waals surface area contributed by atoms with Gasteiger partial charge in [0, 0.05) is 24.3 Å². The SMILES string of the molecule is COc1cc(-n2nnc3ccc(-c4cccc([N+](=O)[O-])c4)cc32)cc(OC)c1OC. The summed E-state index contributed by atoms with van der Waals surface area (Å²) in [6.07, 6.45) is 0. The number of nitro groups is 1. The van der Waals surface area contributed by atoms with Gasteiger partial charge in [-0.3, -0.25) is 10.1 Å². The number of ether oxygens (including phenoxy) is 3. The molecule has 152 valence electrons. The molecule has 0 aliphatic rings. The highest BCUT2D eigenvalue weighted by Gasteiger charge is 2.17. The quantitative estimate of drug-likeness (QED) is 0.352. The van der Waals surface area contributed by atoms with Crippen LogP contribution in [0.1, 0.15) is 0 Å². The molecule has 0 amide bonds. The van der Waals surface area contributed by atoms with Crippen LogP contribution < -0.4 is 14.2 Å². The van der Waals surface area contributed by atoms with Crippen LogP contribution in [0.4, 0.5) is 5.69 Å². The Hall–Kier alpha value is -4.14. The molecule has 1 aromatic heterocycles. The summed E-state index contributed by atoms with van der Waals surface area (Å²) < 4.78 is 17.9. The van der Waals surface area contributed by atoms with Crippen molar-refractivity contribution in [2.24, 2.45) is 0 Å². The number of benzene rings is 3. The highest BCUT2D eigenvalue weighted by molar-refractivity contribution is 5.83. The molecule has 0 aliphatic heterocycles. The van der Waals surface area contributed by atoms with Crippen LogP contribution in [0.25, 0.3) is 27.8 Å². The molecule has 0 aliphatic carbocycles. The summed E-state index contributed by atoms with van der Waals surface area (Å²) in [6, 6.07) is 15.6. The third-order valence-electron chi connectivity index (χ3n) is 4.73. The standard InChI is InChI=1S/C21H18N4O5/c1-28-19-11-16(12-20(29-2)21(19)30-3)24-18-10-14(7-8-17(18)22-23-24)13-5-4-6-15(9-13)25(26)27/h4-12H,1-3H3. The molecule has 0 atom stereocenters. The maximum absolute atomic E-state index is 11.1. The van der Waals surface area contributed by atoms with Gasteiger partial charge in [-0.1, -0.05) is 23.4 Å². The molecule has 0 saturated carbocycles. The fraction of sp³-hybridized carbons (Fsp3) is 0.143. The van der Waals surface area contributed by atoms with Crippen LogP contribution in [0.2, 0.25) is 0 Å². The smallest absolute Gasteiger partial charge is 0.270 e. The minimum Gasteiger partial charge on any atom is -0.493 e. The first kappa shape index (κ1) is 19.2. The van der Waals surface area contributed by atoms with E-state index in [4.69, 9.17) is 14.2 Å². The number of methoxy groups -OCH3 is 3. The molecule has 0 bridgehead atoms. The zero-order valence-electron chi connectivity index (χ0n) is 16.5. The molecule has 3 aromatic carbocycles. The van der Waals surface area contributed by atoms with Gasteiger partial charge in [0.2, 0.25) is 5.75 Å². The van der Waals surface area contributed by atoms with E-state index in [9.17, 15) is 10.1 Å². The van der Waals surface area contributed by atoms with Gasteiger partial charge in [0.1, 0.15) is 5.52 Å². The first-order valence-electron chi connectivity index (χ1n) is 8.96. The summed E-state index contributed by atoms with van der Waals surface area (Å²) in [4.78, 5) is 10.7. The van der Waals surface area contributed by atoms with Crippen molar-refractivity contribution in [3.63, 3.8) is 0 Å². The highest BCUT2D eigenvalue weighted by atomic mass is 16.6. The molecular weight excluding hydrogens is 388 g/mol. The van der Waals surface area contributed by atoms with E-state index >= 15 is 0 Å². The molecule has 0 N–H and O–H groups in total. The van der Waals surface area contributed by atoms with Gasteiger partial charge in [-0.05, 0) is 23.3 Å². The van der Waals surface area contributed by atoms with E-state index in [0.29, 0.717) is 28.5 Å². The molecule has 4 rings (SSSR count). The predicted molar refractivity (Wildman–Crippen MR) is 111 cm³/mol. The summed E-state index contributed by atoms with van der Waals surface area (Å²) in [5.74, 6) is 1.46. The molecule has 0 saturated heterocycles. The zero-order valence-corrected chi connectivity index (χ0v) is 16.5. The third kappa shape index (κ3) is 3.26. The van der Waals surface area contributed by atoms with Gasteiger partial charge in [0.25, 0.3) is 5.69 Å². The van der Waals surface area contributed by atoms with Crippen LogP contribution in [-0.2, 0) is 0 Å². The van der Waals surface area contributed by atoms with Crippen LogP contribution in [0, 0.1) is 10.1 Å². The molecule has 0 fully saturated rings. The number of hydrogen-bond acceptors (Lipinski definition) is 7. The average molecular weight is 406 g/mol. The van der Waals surface area contributed by atoms with Crippen molar-refractivity contribution < 1.29 is 19.1 Å². The Balaban J connectivity index is 1.87. The van der Waals surface area contributed by atoms with Crippen molar-refractivity contribution in [3.05, 3.63) is 64.7 Å². The van der Waals surface area contributed by atoms with Gasteiger partial charge < -0.3 is 14.2 Å². The molecular formula is C21H18N4O5. The van der Waals surface area contributed by atoms with Crippen LogP contribution in [0.3, 0.4) is 0 Å². The molecule has 0 unspecified atom stereocenters. The molecule has 0 spiro atoms. The maximum atomic E-state index is 11.1. The predicted octanol–water partition coefficient (Wildman–Crippen LogP) is 4.02. The summed E-state index contributed by atoms with van der Waals surface area (Å²) in [6.45, 7) is 0. The Morgan fingerprint density at radius 1 is 0.900 bits per heavy atom. The van der Waals surface area contributed by atoms with E-state index in [1.807, 2.05) is 24.3 Å². The number of rotatable bonds is 6. The topological polar surface area (TPSA) is 102 Å². The second-order valence-corrected chi connectivity index (χ2v) is 6.40. The van der Waals surface area contributed by atoms with Gasteiger partial charge in [0.15, 0.2) is 11.5 Å². The summed E-state index contributed by atoms with van der Waals surface area (Å²) in [5, 5.41) is 19.6. The number of aromatic nitrogens is 3. The minimum absolute atomic E-state index is 0.0313. The largest absolute Gasteiger partial charge is 0.493 e. The van der Waals surface area contributed by atoms with Crippen molar-refractivity contribution in [2.45, 2.75) is 0 Å². The van der Waals surface area contributed by atoms with Gasteiger partial charge in [-0.25, -0.2) is 4.68 Å². The molecule has 4 aromatic rings. The molecule has 1 heterocycles. The number of fused-ring (bicyclic) bond motifs is 1. The Morgan fingerprint density at radius 2 is 1.60 bits per heavy atom. The van der Waals surface area contributed by atoms with E-state index in [2.05, 4.69) is 10.3 Å². The van der Waals surface area contributed by atoms with Crippen molar-refractivity contribution >= 4 is 16.7 Å². The molecule has 0 radical (unpaired) electrons. The summed E-state index contributed by atoms with van der Waals surface area (Å²) in [7, 11) is 4.62. The third-order valence-corrected chi connectivity index (χ3v) is 4.73. The fourth-order valence-corrected chi connectivity index (χ4v) is 3.28. The lowest BCUT2D eigenvalue weighted by Crippen LogP contribution is -2.01. The van der Waals surface area contributed by atoms with Crippen molar-refractivity contribution in [1.29, 1.82) is 0 Å². The molecule has 9 heteroatoms. The normalized spacial score (nSPS) is 10.8. The molecule has 9 nitrogen and oxygen atoms in total. The number of nitro benzene ring substituents is 1. The van der Waals surface area contributed by atoms with Crippen molar-refractivity contribution in [2.75, 3.05) is 21.3 Å².